The summed E-state index contributed by atoms with van der Waals surface area (Å²) in [7, 11) is 1.67. The average molecular weight is 413 g/mol. The van der Waals surface area contributed by atoms with Crippen LogP contribution in [0.1, 0.15) is 38.2 Å². The maximum Gasteiger partial charge on any atom is 0.322 e. The first-order valence-corrected chi connectivity index (χ1v) is 10.1. The summed E-state index contributed by atoms with van der Waals surface area (Å²) in [6.07, 6.45) is 0.942. The fraction of sp³-hybridized carbons (Fsp3) is 0.318. The molecule has 0 aliphatic heterocycles. The smallest absolute Gasteiger partial charge is 0.315 e. The summed E-state index contributed by atoms with van der Waals surface area (Å²) in [4.78, 5) is 31.9. The van der Waals surface area contributed by atoms with Crippen molar-refractivity contribution >= 4 is 34.2 Å². The molecule has 3 aromatic rings. The molecule has 1 aromatic heterocycles. The molecule has 1 atom stereocenters. The molecule has 2 amide bonds. The fourth-order valence-corrected chi connectivity index (χ4v) is 3.55. The molecule has 0 saturated heterocycles. The number of nitrogens with one attached hydrogen (secondary N) is 1. The predicted molar refractivity (Wildman–Crippen MR) is 118 cm³/mol. The summed E-state index contributed by atoms with van der Waals surface area (Å²) in [6.45, 7) is 6.30. The lowest BCUT2D eigenvalue weighted by Gasteiger charge is -2.29. The molecule has 0 radical (unpaired) electrons. The second-order valence-corrected chi connectivity index (χ2v) is 7.37. The zero-order valence-corrected chi connectivity index (χ0v) is 17.8. The number of hydrogen-bond donors (Lipinski definition) is 1. The Bertz CT molecular complexity index is 1090. The van der Waals surface area contributed by atoms with Crippen LogP contribution in [0.4, 0.5) is 10.5 Å². The number of urea groups is 1. The van der Waals surface area contributed by atoms with E-state index < -0.39 is 6.04 Å². The lowest BCUT2D eigenvalue weighted by atomic mass is 10.1. The Kier molecular flexibility index (Phi) is 6.23. The van der Waals surface area contributed by atoms with Gasteiger partial charge in [-0.25, -0.2) is 9.78 Å². The van der Waals surface area contributed by atoms with Gasteiger partial charge in [-0.15, -0.1) is 0 Å². The van der Waals surface area contributed by atoms with Gasteiger partial charge >= 0.3 is 6.03 Å². The van der Waals surface area contributed by atoms with Crippen molar-refractivity contribution in [1.29, 1.82) is 0 Å². The van der Waals surface area contributed by atoms with Crippen molar-refractivity contribution in [3.05, 3.63) is 69.2 Å². The number of aromatic nitrogens is 2. The third kappa shape index (κ3) is 4.27. The molecular weight excluding hydrogens is 388 g/mol. The quantitative estimate of drug-likeness (QED) is 0.656. The van der Waals surface area contributed by atoms with Gasteiger partial charge in [0, 0.05) is 24.3 Å². The average Bonchev–Trinajstić information content (AvgIpc) is 2.71. The lowest BCUT2D eigenvalue weighted by Crippen LogP contribution is -2.39. The van der Waals surface area contributed by atoms with Crippen LogP contribution >= 0.6 is 11.6 Å². The summed E-state index contributed by atoms with van der Waals surface area (Å²) in [5.74, 6) is 0.503. The predicted octanol–water partition coefficient (Wildman–Crippen LogP) is 4.76. The van der Waals surface area contributed by atoms with Gasteiger partial charge in [0.1, 0.15) is 5.82 Å². The number of carbonyl (C=O) groups excluding carboxylic acids is 1. The summed E-state index contributed by atoms with van der Waals surface area (Å²) < 4.78 is 1.49. The summed E-state index contributed by atoms with van der Waals surface area (Å²) in [5, 5.41) is 3.93. The number of amides is 2. The number of anilines is 1. The maximum absolute atomic E-state index is 12.9. The van der Waals surface area contributed by atoms with Gasteiger partial charge in [-0.1, -0.05) is 30.7 Å². The molecule has 0 aliphatic carbocycles. The van der Waals surface area contributed by atoms with Gasteiger partial charge in [-0.05, 0) is 56.2 Å². The first kappa shape index (κ1) is 20.9. The third-order valence-electron chi connectivity index (χ3n) is 5.13. The molecular formula is C22H25ClN4O2. The second-order valence-electron chi connectivity index (χ2n) is 6.94. The largest absolute Gasteiger partial charge is 0.322 e. The van der Waals surface area contributed by atoms with E-state index in [9.17, 15) is 9.59 Å². The van der Waals surface area contributed by atoms with Crippen LogP contribution in [0.2, 0.25) is 5.02 Å². The lowest BCUT2D eigenvalue weighted by molar-refractivity contribution is 0.193. The molecule has 2 aromatic carbocycles. The maximum atomic E-state index is 12.9. The zero-order chi connectivity index (χ0) is 21.1. The van der Waals surface area contributed by atoms with E-state index in [4.69, 9.17) is 11.6 Å². The highest BCUT2D eigenvalue weighted by Crippen LogP contribution is 2.22. The molecule has 29 heavy (non-hydrogen) atoms. The number of fused-ring (bicyclic) bond motifs is 1. The van der Waals surface area contributed by atoms with E-state index in [0.29, 0.717) is 28.3 Å². The topological polar surface area (TPSA) is 67.2 Å². The van der Waals surface area contributed by atoms with Crippen LogP contribution in [-0.4, -0.2) is 27.0 Å². The van der Waals surface area contributed by atoms with Crippen molar-refractivity contribution < 1.29 is 4.79 Å². The molecule has 3 rings (SSSR count). The normalized spacial score (nSPS) is 12.0. The third-order valence-corrected chi connectivity index (χ3v) is 5.36. The minimum Gasteiger partial charge on any atom is -0.315 e. The number of carbonyl (C=O) groups is 1. The molecule has 0 bridgehead atoms. The molecule has 7 heteroatoms. The Hall–Kier alpha value is -2.86. The van der Waals surface area contributed by atoms with Crippen molar-refractivity contribution in [2.75, 3.05) is 11.9 Å². The Morgan fingerprint density at radius 1 is 1.21 bits per heavy atom. The number of nitrogens with zero attached hydrogens (tertiary/aromatic N) is 3. The standard InChI is InChI=1S/C22H25ClN4O2/c1-5-15-7-10-17(11-8-15)24-22(29)27(6-2)14(3)20-25-19-13-16(23)9-12-18(19)21(28)26(20)4/h7-14H,5-6H2,1-4H3,(H,24,29). The summed E-state index contributed by atoms with van der Waals surface area (Å²) >= 11 is 6.07. The monoisotopic (exact) mass is 412 g/mol. The van der Waals surface area contributed by atoms with Crippen LogP contribution in [0.5, 0.6) is 0 Å². The van der Waals surface area contributed by atoms with E-state index in [1.54, 1.807) is 30.1 Å². The second kappa shape index (κ2) is 8.66. The molecule has 0 aliphatic rings. The number of hydrogen-bond acceptors (Lipinski definition) is 3. The zero-order valence-electron chi connectivity index (χ0n) is 17.1. The van der Waals surface area contributed by atoms with Crippen molar-refractivity contribution in [1.82, 2.24) is 14.5 Å². The van der Waals surface area contributed by atoms with Gasteiger partial charge in [0.15, 0.2) is 0 Å². The van der Waals surface area contributed by atoms with Crippen molar-refractivity contribution in [3.8, 4) is 0 Å². The molecule has 1 N–H and O–H groups in total. The van der Waals surface area contributed by atoms with Gasteiger partial charge in [-0.2, -0.15) is 0 Å². The van der Waals surface area contributed by atoms with Gasteiger partial charge < -0.3 is 10.2 Å². The van der Waals surface area contributed by atoms with Crippen LogP contribution in [-0.2, 0) is 13.5 Å². The minimum absolute atomic E-state index is 0.167. The van der Waals surface area contributed by atoms with E-state index in [1.807, 2.05) is 38.1 Å². The number of rotatable bonds is 5. The molecule has 6 nitrogen and oxygen atoms in total. The minimum atomic E-state index is -0.406. The summed E-state index contributed by atoms with van der Waals surface area (Å²) in [5.41, 5.74) is 2.29. The molecule has 1 heterocycles. The molecule has 0 saturated carbocycles. The van der Waals surface area contributed by atoms with Gasteiger partial charge in [0.05, 0.1) is 16.9 Å². The molecule has 0 spiro atoms. The van der Waals surface area contributed by atoms with Gasteiger partial charge in [0.2, 0.25) is 0 Å². The highest BCUT2D eigenvalue weighted by molar-refractivity contribution is 6.31. The Labute approximate surface area is 175 Å². The van der Waals surface area contributed by atoms with Crippen LogP contribution in [0.3, 0.4) is 0 Å². The van der Waals surface area contributed by atoms with Crippen LogP contribution in [0, 0.1) is 0 Å². The first-order chi connectivity index (χ1) is 13.8. The van der Waals surface area contributed by atoms with E-state index in [-0.39, 0.29) is 11.6 Å². The summed E-state index contributed by atoms with van der Waals surface area (Å²) in [6, 6.07) is 12.1. The Morgan fingerprint density at radius 3 is 2.52 bits per heavy atom. The molecule has 152 valence electrons. The highest BCUT2D eigenvalue weighted by Gasteiger charge is 2.24. The number of halogens is 1. The van der Waals surface area contributed by atoms with E-state index in [1.165, 1.54) is 10.1 Å². The molecule has 1 unspecified atom stereocenters. The van der Waals surface area contributed by atoms with Crippen molar-refractivity contribution in [3.63, 3.8) is 0 Å². The number of aryl methyl sites for hydroxylation is 1. The van der Waals surface area contributed by atoms with E-state index in [2.05, 4.69) is 17.2 Å². The van der Waals surface area contributed by atoms with Gasteiger partial charge in [-0.3, -0.25) is 9.36 Å². The highest BCUT2D eigenvalue weighted by atomic mass is 35.5. The van der Waals surface area contributed by atoms with Crippen LogP contribution in [0.15, 0.2) is 47.3 Å². The SMILES string of the molecule is CCc1ccc(NC(=O)N(CC)C(C)c2nc3cc(Cl)ccc3c(=O)n2C)cc1. The van der Waals surface area contributed by atoms with Crippen LogP contribution < -0.4 is 10.9 Å². The first-order valence-electron chi connectivity index (χ1n) is 9.68. The van der Waals surface area contributed by atoms with Crippen molar-refractivity contribution in [2.24, 2.45) is 7.05 Å². The van der Waals surface area contributed by atoms with E-state index >= 15 is 0 Å². The number of benzene rings is 2. The van der Waals surface area contributed by atoms with Crippen LogP contribution in [0.25, 0.3) is 10.9 Å². The fourth-order valence-electron chi connectivity index (χ4n) is 3.39. The molecule has 0 fully saturated rings. The Morgan fingerprint density at radius 2 is 1.90 bits per heavy atom. The van der Waals surface area contributed by atoms with Gasteiger partial charge in [0.25, 0.3) is 5.56 Å². The Balaban J connectivity index is 1.91. The van der Waals surface area contributed by atoms with Crippen molar-refractivity contribution in [2.45, 2.75) is 33.2 Å². The van der Waals surface area contributed by atoms with E-state index in [0.717, 1.165) is 12.1 Å².